The molecule has 208 valence electrons. The van der Waals surface area contributed by atoms with Gasteiger partial charge >= 0.3 is 12.1 Å². The lowest BCUT2D eigenvalue weighted by Gasteiger charge is -2.25. The van der Waals surface area contributed by atoms with Crippen LogP contribution in [0.3, 0.4) is 0 Å². The number of nitrogens with one attached hydrogen (secondary N) is 2. The van der Waals surface area contributed by atoms with Crippen molar-refractivity contribution in [3.63, 3.8) is 0 Å². The fourth-order valence-electron chi connectivity index (χ4n) is 5.19. The molecule has 5 rings (SSSR count). The molecule has 40 heavy (non-hydrogen) atoms. The number of hydroxylamine groups is 2. The average molecular weight is 544 g/mol. The second kappa shape index (κ2) is 12.3. The molecule has 9 nitrogen and oxygen atoms in total. The largest absolute Gasteiger partial charge is 0.464 e. The predicted octanol–water partition coefficient (Wildman–Crippen LogP) is 4.13. The number of carbonyl (C=O) groups excluding carboxylic acids is 3. The van der Waals surface area contributed by atoms with Gasteiger partial charge in [0.15, 0.2) is 6.10 Å². The summed E-state index contributed by atoms with van der Waals surface area (Å²) in [6, 6.07) is 24.9. The van der Waals surface area contributed by atoms with E-state index < -0.39 is 36.3 Å². The summed E-state index contributed by atoms with van der Waals surface area (Å²) in [5.74, 6) is -0.990. The number of nitrogens with zero attached hydrogens (tertiary/aromatic N) is 1. The van der Waals surface area contributed by atoms with Gasteiger partial charge < -0.3 is 20.1 Å². The van der Waals surface area contributed by atoms with Crippen LogP contribution in [0.5, 0.6) is 0 Å². The smallest absolute Gasteiger partial charge is 0.407 e. The van der Waals surface area contributed by atoms with Crippen LogP contribution in [-0.2, 0) is 30.4 Å². The van der Waals surface area contributed by atoms with Crippen LogP contribution in [0.15, 0.2) is 78.9 Å². The Morgan fingerprint density at radius 1 is 0.925 bits per heavy atom. The van der Waals surface area contributed by atoms with Gasteiger partial charge in [-0.1, -0.05) is 78.9 Å². The summed E-state index contributed by atoms with van der Waals surface area (Å²) in [4.78, 5) is 43.9. The maximum Gasteiger partial charge on any atom is 0.407 e. The third kappa shape index (κ3) is 6.00. The van der Waals surface area contributed by atoms with E-state index in [1.165, 1.54) is 0 Å². The molecule has 3 atom stereocenters. The molecule has 0 radical (unpaired) electrons. The van der Waals surface area contributed by atoms with Crippen molar-refractivity contribution < 1.29 is 28.7 Å². The van der Waals surface area contributed by atoms with Crippen LogP contribution >= 0.6 is 0 Å². The van der Waals surface area contributed by atoms with Crippen molar-refractivity contribution in [3.05, 3.63) is 95.6 Å². The Hall–Kier alpha value is -4.21. The van der Waals surface area contributed by atoms with E-state index in [-0.39, 0.29) is 25.6 Å². The molecule has 2 N–H and O–H groups in total. The van der Waals surface area contributed by atoms with Gasteiger partial charge in [0.25, 0.3) is 0 Å². The van der Waals surface area contributed by atoms with Gasteiger partial charge in [-0.05, 0) is 41.7 Å². The Labute approximate surface area is 233 Å². The molecular weight excluding hydrogens is 510 g/mol. The minimum absolute atomic E-state index is 0.0794. The van der Waals surface area contributed by atoms with Gasteiger partial charge in [-0.25, -0.2) is 9.59 Å². The molecule has 1 aliphatic carbocycles. The highest BCUT2D eigenvalue weighted by Crippen LogP contribution is 2.44. The van der Waals surface area contributed by atoms with E-state index in [4.69, 9.17) is 14.3 Å². The van der Waals surface area contributed by atoms with Gasteiger partial charge in [0.2, 0.25) is 5.91 Å². The van der Waals surface area contributed by atoms with E-state index in [1.807, 2.05) is 66.7 Å². The number of fused-ring (bicyclic) bond motifs is 3. The highest BCUT2D eigenvalue weighted by Gasteiger charge is 2.40. The molecule has 0 unspecified atom stereocenters. The Morgan fingerprint density at radius 3 is 2.20 bits per heavy atom. The molecular formula is C31H33N3O6. The quantitative estimate of drug-likeness (QED) is 0.391. The first-order valence-electron chi connectivity index (χ1n) is 13.5. The van der Waals surface area contributed by atoms with Crippen molar-refractivity contribution in [2.45, 2.75) is 51.0 Å². The van der Waals surface area contributed by atoms with Crippen LogP contribution in [0.4, 0.5) is 4.79 Å². The molecule has 9 heteroatoms. The maximum atomic E-state index is 13.0. The summed E-state index contributed by atoms with van der Waals surface area (Å²) in [5, 5.41) is 7.07. The van der Waals surface area contributed by atoms with Crippen molar-refractivity contribution in [1.29, 1.82) is 0 Å². The molecule has 0 saturated carbocycles. The lowest BCUT2D eigenvalue weighted by Crippen LogP contribution is -2.51. The van der Waals surface area contributed by atoms with E-state index in [1.54, 1.807) is 18.9 Å². The Bertz CT molecular complexity index is 1320. The van der Waals surface area contributed by atoms with Crippen LogP contribution in [0.2, 0.25) is 0 Å². The molecule has 1 saturated heterocycles. The fourth-order valence-corrected chi connectivity index (χ4v) is 5.19. The van der Waals surface area contributed by atoms with Crippen molar-refractivity contribution >= 4 is 18.0 Å². The Balaban J connectivity index is 1.18. The summed E-state index contributed by atoms with van der Waals surface area (Å²) in [7, 11) is 0. The Morgan fingerprint density at radius 2 is 1.55 bits per heavy atom. The van der Waals surface area contributed by atoms with Crippen molar-refractivity contribution in [3.8, 4) is 11.1 Å². The summed E-state index contributed by atoms with van der Waals surface area (Å²) >= 11 is 0. The van der Waals surface area contributed by atoms with Gasteiger partial charge in [0.1, 0.15) is 18.8 Å². The zero-order valence-corrected chi connectivity index (χ0v) is 22.5. The van der Waals surface area contributed by atoms with E-state index >= 15 is 0 Å². The summed E-state index contributed by atoms with van der Waals surface area (Å²) in [6.45, 7) is 4.05. The van der Waals surface area contributed by atoms with Crippen LogP contribution in [0.25, 0.3) is 11.1 Å². The molecule has 2 amide bonds. The third-order valence-corrected chi connectivity index (χ3v) is 7.16. The number of rotatable bonds is 9. The molecule has 2 aliphatic rings. The van der Waals surface area contributed by atoms with Crippen molar-refractivity contribution in [1.82, 2.24) is 15.7 Å². The maximum absolute atomic E-state index is 13.0. The first-order chi connectivity index (χ1) is 19.4. The highest BCUT2D eigenvalue weighted by molar-refractivity contribution is 5.85. The first kappa shape index (κ1) is 27.4. The second-order valence-electron chi connectivity index (χ2n) is 9.86. The topological polar surface area (TPSA) is 106 Å². The van der Waals surface area contributed by atoms with Crippen LogP contribution in [0.1, 0.15) is 42.9 Å². The number of hydrogen-bond donors (Lipinski definition) is 2. The second-order valence-corrected chi connectivity index (χ2v) is 9.86. The molecule has 1 aliphatic heterocycles. The summed E-state index contributed by atoms with van der Waals surface area (Å²) in [5.41, 5.74) is 5.45. The van der Waals surface area contributed by atoms with Crippen LogP contribution in [-0.4, -0.2) is 54.6 Å². The molecule has 0 aromatic heterocycles. The first-order valence-corrected chi connectivity index (χ1v) is 13.5. The van der Waals surface area contributed by atoms with Crippen LogP contribution < -0.4 is 10.6 Å². The van der Waals surface area contributed by atoms with Gasteiger partial charge in [-0.15, -0.1) is 0 Å². The van der Waals surface area contributed by atoms with E-state index in [2.05, 4.69) is 22.8 Å². The monoisotopic (exact) mass is 543 g/mol. The number of alkyl carbamates (subject to hydrolysis) is 1. The van der Waals surface area contributed by atoms with Crippen molar-refractivity contribution in [2.75, 3.05) is 13.2 Å². The standard InChI is InChI=1S/C31H33N3O6/c1-3-38-30(36)27-17-28(34(40-27)18-21-11-5-4-6-12-21)33-29(35)20(2)32-31(37)39-19-26-24-15-9-7-13-22(24)23-14-8-10-16-25(23)26/h4-16,20,26-28H,3,17-19H2,1-2H3,(H,32,37)(H,33,35)/t20-,27+,28-/m0/s1. The number of esters is 1. The minimum atomic E-state index is -0.879. The van der Waals surface area contributed by atoms with Crippen LogP contribution in [0, 0.1) is 0 Å². The Kier molecular flexibility index (Phi) is 8.42. The molecule has 0 spiro atoms. The summed E-state index contributed by atoms with van der Waals surface area (Å²) in [6.07, 6.45) is -1.89. The summed E-state index contributed by atoms with van der Waals surface area (Å²) < 4.78 is 10.7. The molecule has 3 aromatic carbocycles. The molecule has 1 heterocycles. The van der Waals surface area contributed by atoms with E-state index in [9.17, 15) is 14.4 Å². The fraction of sp³-hybridized carbons (Fsp3) is 0.323. The lowest BCUT2D eigenvalue weighted by molar-refractivity contribution is -0.195. The lowest BCUT2D eigenvalue weighted by atomic mass is 9.98. The molecule has 3 aromatic rings. The van der Waals surface area contributed by atoms with Gasteiger partial charge in [0.05, 0.1) is 13.2 Å². The number of hydrogen-bond acceptors (Lipinski definition) is 7. The van der Waals surface area contributed by atoms with E-state index in [0.29, 0.717) is 6.54 Å². The SMILES string of the molecule is CCOC(=O)[C@H]1C[C@@H](NC(=O)[C@H](C)NC(=O)OCC2c3ccccc3-c3ccccc32)N(Cc2ccccc2)O1. The number of amides is 2. The third-order valence-electron chi connectivity index (χ3n) is 7.16. The zero-order chi connectivity index (χ0) is 28.1. The van der Waals surface area contributed by atoms with Gasteiger partial charge in [0, 0.05) is 12.3 Å². The number of ether oxygens (including phenoxy) is 2. The van der Waals surface area contributed by atoms with Gasteiger partial charge in [-0.2, -0.15) is 5.06 Å². The number of carbonyl (C=O) groups is 3. The number of benzene rings is 3. The van der Waals surface area contributed by atoms with Gasteiger partial charge in [-0.3, -0.25) is 9.63 Å². The normalized spacial score (nSPS) is 18.9. The van der Waals surface area contributed by atoms with E-state index in [0.717, 1.165) is 27.8 Å². The highest BCUT2D eigenvalue weighted by atomic mass is 16.7. The minimum Gasteiger partial charge on any atom is -0.464 e. The zero-order valence-electron chi connectivity index (χ0n) is 22.5. The average Bonchev–Trinajstić information content (AvgIpc) is 3.51. The van der Waals surface area contributed by atoms with Crippen molar-refractivity contribution in [2.24, 2.45) is 0 Å². The predicted molar refractivity (Wildman–Crippen MR) is 148 cm³/mol. The molecule has 0 bridgehead atoms. The molecule has 1 fully saturated rings.